The van der Waals surface area contributed by atoms with Crippen LogP contribution in [0.3, 0.4) is 0 Å². The summed E-state index contributed by atoms with van der Waals surface area (Å²) in [6.07, 6.45) is 0.355. The zero-order valence-electron chi connectivity index (χ0n) is 12.1. The Kier molecular flexibility index (Phi) is 5.17. The van der Waals surface area contributed by atoms with Crippen LogP contribution in [0.5, 0.6) is 0 Å². The van der Waals surface area contributed by atoms with E-state index in [-0.39, 0.29) is 27.7 Å². The summed E-state index contributed by atoms with van der Waals surface area (Å²) >= 11 is 5.84. The lowest BCUT2D eigenvalue weighted by Gasteiger charge is -2.29. The summed E-state index contributed by atoms with van der Waals surface area (Å²) in [6.45, 7) is 7.80. The van der Waals surface area contributed by atoms with Gasteiger partial charge in [0.15, 0.2) is 0 Å². The first kappa shape index (κ1) is 16.5. The topological polar surface area (TPSA) is 63.6 Å². The molecule has 0 heterocycles. The average Bonchev–Trinajstić information content (AvgIpc) is 2.33. The summed E-state index contributed by atoms with van der Waals surface area (Å²) in [4.78, 5) is 23.4. The molecule has 110 valence electrons. The molecule has 4 nitrogen and oxygen atoms in total. The molecule has 0 aliphatic rings. The first-order valence-electron chi connectivity index (χ1n) is 6.41. The molecule has 1 aromatic rings. The summed E-state index contributed by atoms with van der Waals surface area (Å²) in [5.41, 5.74) is -0.456. The number of carbonyl (C=O) groups excluding carboxylic acids is 1. The first-order chi connectivity index (χ1) is 9.18. The Bertz CT molecular complexity index is 517. The Morgan fingerprint density at radius 1 is 1.35 bits per heavy atom. The van der Waals surface area contributed by atoms with E-state index in [9.17, 15) is 9.59 Å². The monoisotopic (exact) mass is 298 g/mol. The van der Waals surface area contributed by atoms with Gasteiger partial charge in [-0.15, -0.1) is 0 Å². The molecule has 0 aliphatic carbocycles. The van der Waals surface area contributed by atoms with Gasteiger partial charge < -0.3 is 9.84 Å². The number of halogens is 1. The van der Waals surface area contributed by atoms with Crippen molar-refractivity contribution >= 4 is 23.5 Å². The Balaban J connectivity index is 3.10. The third kappa shape index (κ3) is 3.73. The van der Waals surface area contributed by atoms with Crippen molar-refractivity contribution in [3.8, 4) is 0 Å². The van der Waals surface area contributed by atoms with Crippen molar-refractivity contribution in [1.82, 2.24) is 0 Å². The molecule has 1 N–H and O–H groups in total. The molecule has 0 amide bonds. The maximum atomic E-state index is 12.2. The predicted molar refractivity (Wildman–Crippen MR) is 77.4 cm³/mol. The molecule has 1 unspecified atom stereocenters. The largest absolute Gasteiger partial charge is 0.478 e. The number of rotatable bonds is 4. The summed E-state index contributed by atoms with van der Waals surface area (Å²) in [7, 11) is 0. The van der Waals surface area contributed by atoms with Gasteiger partial charge in [-0.1, -0.05) is 45.4 Å². The van der Waals surface area contributed by atoms with E-state index in [1.807, 2.05) is 27.7 Å². The second-order valence-corrected chi connectivity index (χ2v) is 6.04. The van der Waals surface area contributed by atoms with Crippen LogP contribution in [0.4, 0.5) is 0 Å². The fraction of sp³-hybridized carbons (Fsp3) is 0.467. The van der Waals surface area contributed by atoms with Gasteiger partial charge in [0.05, 0.1) is 16.1 Å². The van der Waals surface area contributed by atoms with E-state index in [0.29, 0.717) is 6.42 Å². The molecule has 0 saturated carbocycles. The molecule has 0 fully saturated rings. The van der Waals surface area contributed by atoms with Crippen LogP contribution < -0.4 is 0 Å². The fourth-order valence-electron chi connectivity index (χ4n) is 1.98. The standard InChI is InChI=1S/C15H19ClO4/c1-5-11(15(2,3)4)20-14(19)9-7-6-8-10(16)12(9)13(17)18/h6-8,11H,5H2,1-4H3,(H,17,18). The lowest BCUT2D eigenvalue weighted by molar-refractivity contribution is -0.00427. The van der Waals surface area contributed by atoms with Gasteiger partial charge in [0.1, 0.15) is 6.10 Å². The van der Waals surface area contributed by atoms with E-state index in [0.717, 1.165) is 0 Å². The molecular weight excluding hydrogens is 280 g/mol. The van der Waals surface area contributed by atoms with Gasteiger partial charge in [-0.25, -0.2) is 9.59 Å². The zero-order chi connectivity index (χ0) is 15.5. The van der Waals surface area contributed by atoms with Crippen LogP contribution in [0.25, 0.3) is 0 Å². The molecule has 1 rings (SSSR count). The van der Waals surface area contributed by atoms with Crippen LogP contribution in [0.15, 0.2) is 18.2 Å². The average molecular weight is 299 g/mol. The first-order valence-corrected chi connectivity index (χ1v) is 6.79. The second-order valence-electron chi connectivity index (χ2n) is 5.64. The highest BCUT2D eigenvalue weighted by Gasteiger charge is 2.29. The third-order valence-corrected chi connectivity index (χ3v) is 3.35. The van der Waals surface area contributed by atoms with Gasteiger partial charge in [-0.05, 0) is 24.0 Å². The molecule has 20 heavy (non-hydrogen) atoms. The van der Waals surface area contributed by atoms with Crippen LogP contribution in [0.1, 0.15) is 54.8 Å². The molecule has 0 saturated heterocycles. The van der Waals surface area contributed by atoms with Crippen molar-refractivity contribution in [1.29, 1.82) is 0 Å². The van der Waals surface area contributed by atoms with Crippen molar-refractivity contribution in [3.63, 3.8) is 0 Å². The maximum Gasteiger partial charge on any atom is 0.339 e. The van der Waals surface area contributed by atoms with Crippen LogP contribution in [0, 0.1) is 5.41 Å². The molecule has 5 heteroatoms. The Morgan fingerprint density at radius 2 is 1.95 bits per heavy atom. The van der Waals surface area contributed by atoms with E-state index in [2.05, 4.69) is 0 Å². The molecule has 0 spiro atoms. The number of aromatic carboxylic acids is 1. The molecular formula is C15H19ClO4. The van der Waals surface area contributed by atoms with Gasteiger partial charge in [-0.2, -0.15) is 0 Å². The number of hydrogen-bond acceptors (Lipinski definition) is 3. The highest BCUT2D eigenvalue weighted by atomic mass is 35.5. The van der Waals surface area contributed by atoms with Crippen LogP contribution >= 0.6 is 11.6 Å². The van der Waals surface area contributed by atoms with Crippen molar-refractivity contribution in [2.45, 2.75) is 40.2 Å². The number of carboxylic acid groups (broad SMARTS) is 1. The van der Waals surface area contributed by atoms with Gasteiger partial charge in [-0.3, -0.25) is 0 Å². The summed E-state index contributed by atoms with van der Waals surface area (Å²) in [5, 5.41) is 9.18. The summed E-state index contributed by atoms with van der Waals surface area (Å²) < 4.78 is 5.44. The number of carbonyl (C=O) groups is 2. The molecule has 0 radical (unpaired) electrons. The van der Waals surface area contributed by atoms with Crippen molar-refractivity contribution in [3.05, 3.63) is 34.3 Å². The normalized spacial score (nSPS) is 12.8. The predicted octanol–water partition coefficient (Wildman–Crippen LogP) is 4.02. The lowest BCUT2D eigenvalue weighted by atomic mass is 9.87. The lowest BCUT2D eigenvalue weighted by Crippen LogP contribution is -2.31. The van der Waals surface area contributed by atoms with E-state index in [4.69, 9.17) is 21.4 Å². The summed E-state index contributed by atoms with van der Waals surface area (Å²) in [6, 6.07) is 4.37. The Labute approximate surface area is 123 Å². The number of benzene rings is 1. The minimum Gasteiger partial charge on any atom is -0.478 e. The van der Waals surface area contributed by atoms with E-state index in [1.54, 1.807) is 0 Å². The second kappa shape index (κ2) is 6.27. The maximum absolute atomic E-state index is 12.2. The highest BCUT2D eigenvalue weighted by Crippen LogP contribution is 2.27. The number of hydrogen-bond donors (Lipinski definition) is 1. The zero-order valence-corrected chi connectivity index (χ0v) is 12.8. The van der Waals surface area contributed by atoms with E-state index in [1.165, 1.54) is 18.2 Å². The molecule has 0 bridgehead atoms. The number of ether oxygens (including phenoxy) is 1. The Hall–Kier alpha value is -1.55. The molecule has 1 atom stereocenters. The quantitative estimate of drug-likeness (QED) is 0.853. The number of carboxylic acids is 1. The van der Waals surface area contributed by atoms with Gasteiger partial charge in [0, 0.05) is 0 Å². The van der Waals surface area contributed by atoms with Crippen LogP contribution in [-0.2, 0) is 4.74 Å². The van der Waals surface area contributed by atoms with Crippen LogP contribution in [-0.4, -0.2) is 23.1 Å². The van der Waals surface area contributed by atoms with Crippen LogP contribution in [0.2, 0.25) is 5.02 Å². The highest BCUT2D eigenvalue weighted by molar-refractivity contribution is 6.34. The van der Waals surface area contributed by atoms with E-state index < -0.39 is 11.9 Å². The SMILES string of the molecule is CCC(OC(=O)c1cccc(Cl)c1C(=O)O)C(C)(C)C. The van der Waals surface area contributed by atoms with Crippen molar-refractivity contribution in [2.75, 3.05) is 0 Å². The number of esters is 1. The fourth-order valence-corrected chi connectivity index (χ4v) is 2.23. The third-order valence-electron chi connectivity index (χ3n) is 3.03. The van der Waals surface area contributed by atoms with E-state index >= 15 is 0 Å². The van der Waals surface area contributed by atoms with Crippen molar-refractivity contribution in [2.24, 2.45) is 5.41 Å². The molecule has 1 aromatic carbocycles. The van der Waals surface area contributed by atoms with Gasteiger partial charge in [0.25, 0.3) is 0 Å². The molecule has 0 aliphatic heterocycles. The molecule has 0 aromatic heterocycles. The van der Waals surface area contributed by atoms with Gasteiger partial charge >= 0.3 is 11.9 Å². The Morgan fingerprint density at radius 3 is 2.40 bits per heavy atom. The minimum absolute atomic E-state index is 0.0206. The van der Waals surface area contributed by atoms with Gasteiger partial charge in [0.2, 0.25) is 0 Å². The minimum atomic E-state index is -1.24. The van der Waals surface area contributed by atoms with Crippen molar-refractivity contribution < 1.29 is 19.4 Å². The smallest absolute Gasteiger partial charge is 0.339 e. The summed E-state index contributed by atoms with van der Waals surface area (Å²) in [5.74, 6) is -1.90.